The molecular weight excluding hydrogens is 404 g/mol. The third-order valence-electron chi connectivity index (χ3n) is 5.34. The van der Waals surface area contributed by atoms with Crippen LogP contribution in [0.4, 0.5) is 0 Å². The van der Waals surface area contributed by atoms with Gasteiger partial charge in [-0.2, -0.15) is 0 Å². The zero-order valence-corrected chi connectivity index (χ0v) is 17.1. The van der Waals surface area contributed by atoms with Crippen LogP contribution in [-0.4, -0.2) is 64.6 Å². The topological polar surface area (TPSA) is 112 Å². The molecule has 1 aliphatic heterocycles. The zero-order valence-electron chi connectivity index (χ0n) is 17.1. The van der Waals surface area contributed by atoms with Gasteiger partial charge in [0.2, 0.25) is 0 Å². The maximum Gasteiger partial charge on any atom is 0.338 e. The van der Waals surface area contributed by atoms with E-state index in [2.05, 4.69) is 0 Å². The second kappa shape index (κ2) is 8.39. The van der Waals surface area contributed by atoms with Crippen LogP contribution in [-0.2, 0) is 18.9 Å². The van der Waals surface area contributed by atoms with Crippen LogP contribution in [0.2, 0.25) is 0 Å². The Balaban J connectivity index is 1.64. The van der Waals surface area contributed by atoms with Crippen molar-refractivity contribution in [1.82, 2.24) is 0 Å². The smallest absolute Gasteiger partial charge is 0.338 e. The molecule has 164 valence electrons. The van der Waals surface area contributed by atoms with Crippen molar-refractivity contribution in [2.75, 3.05) is 0 Å². The lowest BCUT2D eigenvalue weighted by Crippen LogP contribution is -2.64. The van der Waals surface area contributed by atoms with E-state index in [0.717, 1.165) is 0 Å². The van der Waals surface area contributed by atoms with E-state index in [-0.39, 0.29) is 11.1 Å². The maximum absolute atomic E-state index is 12.7. The molecule has 2 fully saturated rings. The molecule has 1 saturated heterocycles. The molecular formula is C23H24O8. The van der Waals surface area contributed by atoms with Crippen LogP contribution in [0.1, 0.15) is 34.6 Å². The highest BCUT2D eigenvalue weighted by Gasteiger charge is 2.60. The second-order valence-electron chi connectivity index (χ2n) is 8.02. The molecule has 2 aromatic rings. The summed E-state index contributed by atoms with van der Waals surface area (Å²) in [5.74, 6) is -2.50. The molecule has 0 spiro atoms. The number of hydrogen-bond acceptors (Lipinski definition) is 8. The molecule has 0 unspecified atom stereocenters. The number of aliphatic hydroxyl groups is 2. The van der Waals surface area contributed by atoms with Crippen molar-refractivity contribution < 1.29 is 38.7 Å². The van der Waals surface area contributed by atoms with Gasteiger partial charge >= 0.3 is 11.9 Å². The normalized spacial score (nSPS) is 31.5. The number of benzene rings is 2. The Hall–Kier alpha value is -2.78. The highest BCUT2D eigenvalue weighted by Crippen LogP contribution is 2.40. The summed E-state index contributed by atoms with van der Waals surface area (Å²) >= 11 is 0. The molecule has 8 nitrogen and oxygen atoms in total. The van der Waals surface area contributed by atoms with Gasteiger partial charge in [0.15, 0.2) is 18.0 Å². The van der Waals surface area contributed by atoms with Gasteiger partial charge in [-0.05, 0) is 38.1 Å². The number of ether oxygens (including phenoxy) is 4. The summed E-state index contributed by atoms with van der Waals surface area (Å²) in [6, 6.07) is 16.5. The third kappa shape index (κ3) is 4.33. The Morgan fingerprint density at radius 1 is 0.742 bits per heavy atom. The fourth-order valence-corrected chi connectivity index (χ4v) is 3.91. The first kappa shape index (κ1) is 21.5. The summed E-state index contributed by atoms with van der Waals surface area (Å²) < 4.78 is 22.8. The summed E-state index contributed by atoms with van der Waals surface area (Å²) in [5, 5.41) is 21.4. The van der Waals surface area contributed by atoms with E-state index < -0.39 is 54.3 Å². The average molecular weight is 428 g/mol. The van der Waals surface area contributed by atoms with Crippen molar-refractivity contribution in [3.63, 3.8) is 0 Å². The van der Waals surface area contributed by atoms with Crippen LogP contribution in [0.5, 0.6) is 0 Å². The molecule has 4 rings (SSSR count). The summed E-state index contributed by atoms with van der Waals surface area (Å²) in [6.45, 7) is 3.29. The first-order valence-corrected chi connectivity index (χ1v) is 10.0. The van der Waals surface area contributed by atoms with Gasteiger partial charge in [0.05, 0.1) is 11.1 Å². The second-order valence-corrected chi connectivity index (χ2v) is 8.02. The fraction of sp³-hybridized carbons (Fsp3) is 0.391. The van der Waals surface area contributed by atoms with Crippen molar-refractivity contribution in [2.24, 2.45) is 0 Å². The van der Waals surface area contributed by atoms with Crippen LogP contribution >= 0.6 is 0 Å². The Labute approximate surface area is 179 Å². The maximum atomic E-state index is 12.7. The van der Waals surface area contributed by atoms with Gasteiger partial charge in [-0.15, -0.1) is 0 Å². The van der Waals surface area contributed by atoms with Crippen molar-refractivity contribution in [1.29, 1.82) is 0 Å². The number of esters is 2. The summed E-state index contributed by atoms with van der Waals surface area (Å²) in [5.41, 5.74) is 0.536. The Morgan fingerprint density at radius 2 is 1.19 bits per heavy atom. The van der Waals surface area contributed by atoms with Crippen molar-refractivity contribution >= 4 is 11.9 Å². The van der Waals surface area contributed by atoms with E-state index in [1.165, 1.54) is 0 Å². The van der Waals surface area contributed by atoms with Crippen LogP contribution < -0.4 is 0 Å². The zero-order chi connectivity index (χ0) is 22.2. The predicted octanol–water partition coefficient (Wildman–Crippen LogP) is 1.69. The minimum absolute atomic E-state index is 0.253. The predicted molar refractivity (Wildman–Crippen MR) is 107 cm³/mol. The molecule has 0 radical (unpaired) electrons. The van der Waals surface area contributed by atoms with Gasteiger partial charge in [0.1, 0.15) is 24.4 Å². The van der Waals surface area contributed by atoms with E-state index in [4.69, 9.17) is 18.9 Å². The molecule has 2 N–H and O–H groups in total. The molecule has 0 aromatic heterocycles. The lowest BCUT2D eigenvalue weighted by Gasteiger charge is -2.42. The quantitative estimate of drug-likeness (QED) is 0.708. The van der Waals surface area contributed by atoms with Gasteiger partial charge in [-0.1, -0.05) is 36.4 Å². The van der Waals surface area contributed by atoms with Gasteiger partial charge < -0.3 is 29.2 Å². The first-order chi connectivity index (χ1) is 14.8. The van der Waals surface area contributed by atoms with Crippen molar-refractivity contribution in [2.45, 2.75) is 56.3 Å². The molecule has 0 bridgehead atoms. The lowest BCUT2D eigenvalue weighted by atomic mass is 9.84. The monoisotopic (exact) mass is 428 g/mol. The molecule has 6 atom stereocenters. The van der Waals surface area contributed by atoms with Gasteiger partial charge in [0, 0.05) is 0 Å². The van der Waals surface area contributed by atoms with E-state index in [1.54, 1.807) is 74.5 Å². The molecule has 1 aliphatic carbocycles. The molecule has 2 aliphatic rings. The highest BCUT2D eigenvalue weighted by molar-refractivity contribution is 5.90. The number of rotatable bonds is 4. The Morgan fingerprint density at radius 3 is 1.71 bits per heavy atom. The molecule has 8 heteroatoms. The van der Waals surface area contributed by atoms with Gasteiger partial charge in [0.25, 0.3) is 0 Å². The van der Waals surface area contributed by atoms with Crippen LogP contribution in [0, 0.1) is 0 Å². The third-order valence-corrected chi connectivity index (χ3v) is 5.34. The van der Waals surface area contributed by atoms with Crippen LogP contribution in [0.15, 0.2) is 60.7 Å². The van der Waals surface area contributed by atoms with E-state index in [9.17, 15) is 19.8 Å². The molecule has 1 saturated carbocycles. The van der Waals surface area contributed by atoms with Crippen LogP contribution in [0.25, 0.3) is 0 Å². The number of hydrogen-bond donors (Lipinski definition) is 2. The van der Waals surface area contributed by atoms with Gasteiger partial charge in [-0.3, -0.25) is 0 Å². The molecule has 31 heavy (non-hydrogen) atoms. The molecule has 0 amide bonds. The number of fused-ring (bicyclic) bond motifs is 1. The first-order valence-electron chi connectivity index (χ1n) is 10.0. The fourth-order valence-electron chi connectivity index (χ4n) is 3.91. The molecule has 1 heterocycles. The summed E-state index contributed by atoms with van der Waals surface area (Å²) in [7, 11) is 0. The number of aliphatic hydroxyl groups excluding tert-OH is 2. The summed E-state index contributed by atoms with van der Waals surface area (Å²) in [4.78, 5) is 25.4. The Kier molecular flexibility index (Phi) is 5.81. The van der Waals surface area contributed by atoms with Crippen molar-refractivity contribution in [3.8, 4) is 0 Å². The molecule has 2 aromatic carbocycles. The van der Waals surface area contributed by atoms with E-state index in [1.807, 2.05) is 0 Å². The lowest BCUT2D eigenvalue weighted by molar-refractivity contribution is -0.193. The summed E-state index contributed by atoms with van der Waals surface area (Å²) in [6.07, 6.45) is -7.45. The average Bonchev–Trinajstić information content (AvgIpc) is 3.10. The minimum Gasteiger partial charge on any atom is -0.452 e. The van der Waals surface area contributed by atoms with E-state index >= 15 is 0 Å². The largest absolute Gasteiger partial charge is 0.452 e. The van der Waals surface area contributed by atoms with Crippen LogP contribution in [0.3, 0.4) is 0 Å². The Bertz CT molecular complexity index is 929. The SMILES string of the molecule is CC1(C)O[C@@H]2[C@H](OC(=O)c3ccccc3)[C@H](OC(=O)c3ccccc3)[C@@H](O)[C@H](O)[C@H]2O1. The minimum atomic E-state index is -1.56. The van der Waals surface area contributed by atoms with E-state index in [0.29, 0.717) is 0 Å². The van der Waals surface area contributed by atoms with Crippen molar-refractivity contribution in [3.05, 3.63) is 71.8 Å². The number of carbonyl (C=O) groups excluding carboxylic acids is 2. The standard InChI is InChI=1S/C23H24O8/c1-23(2)30-18-16(25)15(24)17(28-21(26)13-9-5-3-6-10-13)19(20(18)31-23)29-22(27)14-11-7-4-8-12-14/h3-12,15-20,24-25H,1-2H3/t15-,16-,17+,18+,19+,20-/m0/s1. The van der Waals surface area contributed by atoms with Gasteiger partial charge in [-0.25, -0.2) is 9.59 Å². The highest BCUT2D eigenvalue weighted by atomic mass is 16.8. The number of carbonyl (C=O) groups is 2.